The minimum Gasteiger partial charge on any atom is -0.497 e. The molecule has 1 aliphatic carbocycles. The molecule has 0 heterocycles. The zero-order chi connectivity index (χ0) is 13.9. The lowest BCUT2D eigenvalue weighted by Crippen LogP contribution is -2.49. The third-order valence-electron chi connectivity index (χ3n) is 4.30. The fourth-order valence-electron chi connectivity index (χ4n) is 3.07. The van der Waals surface area contributed by atoms with Gasteiger partial charge >= 0.3 is 0 Å². The van der Waals surface area contributed by atoms with E-state index in [-0.39, 0.29) is 5.54 Å². The lowest BCUT2D eigenvalue weighted by atomic mass is 9.87. The number of benzene rings is 1. The monoisotopic (exact) mass is 261 g/mol. The van der Waals surface area contributed by atoms with Crippen LogP contribution in [0.2, 0.25) is 0 Å². The van der Waals surface area contributed by atoms with E-state index in [9.17, 15) is 4.79 Å². The van der Waals surface area contributed by atoms with Gasteiger partial charge in [-0.15, -0.1) is 0 Å². The van der Waals surface area contributed by atoms with Crippen LogP contribution in [-0.2, 0) is 11.2 Å². The largest absolute Gasteiger partial charge is 0.497 e. The van der Waals surface area contributed by atoms with E-state index in [1.54, 1.807) is 7.11 Å². The summed E-state index contributed by atoms with van der Waals surface area (Å²) in [5, 5.41) is 0. The number of Topliss-reactive ketones (excluding diaryl/α,β-unsaturated/α-hetero) is 1. The first-order valence-electron chi connectivity index (χ1n) is 6.92. The highest BCUT2D eigenvalue weighted by atomic mass is 16.5. The van der Waals surface area contributed by atoms with Gasteiger partial charge in [0.25, 0.3) is 0 Å². The van der Waals surface area contributed by atoms with Gasteiger partial charge in [0, 0.05) is 6.42 Å². The van der Waals surface area contributed by atoms with Crippen LogP contribution in [0.1, 0.15) is 31.2 Å². The predicted molar refractivity (Wildman–Crippen MR) is 76.6 cm³/mol. The van der Waals surface area contributed by atoms with Crippen molar-refractivity contribution in [2.75, 3.05) is 21.2 Å². The molecule has 0 N–H and O–H groups in total. The van der Waals surface area contributed by atoms with Gasteiger partial charge in [-0.25, -0.2) is 0 Å². The summed E-state index contributed by atoms with van der Waals surface area (Å²) in [6.07, 6.45) is 4.78. The molecule has 0 atom stereocenters. The number of rotatable bonds is 5. The van der Waals surface area contributed by atoms with Gasteiger partial charge in [0.15, 0.2) is 5.78 Å². The molecule has 0 amide bonds. The molecule has 0 aliphatic heterocycles. The Morgan fingerprint density at radius 3 is 2.58 bits per heavy atom. The molecule has 1 aliphatic rings. The Hall–Kier alpha value is -1.35. The molecule has 0 aromatic heterocycles. The van der Waals surface area contributed by atoms with E-state index >= 15 is 0 Å². The molecule has 0 bridgehead atoms. The van der Waals surface area contributed by atoms with Crippen LogP contribution in [0.4, 0.5) is 0 Å². The minimum absolute atomic E-state index is 0.247. The summed E-state index contributed by atoms with van der Waals surface area (Å²) < 4.78 is 5.21. The fraction of sp³-hybridized carbons (Fsp3) is 0.562. The SMILES string of the molecule is COc1cccc(CC(=O)C2(N(C)C)CCCC2)c1. The minimum atomic E-state index is -0.247. The number of hydrogen-bond acceptors (Lipinski definition) is 3. The highest BCUT2D eigenvalue weighted by molar-refractivity contribution is 5.90. The molecule has 0 spiro atoms. The maximum absolute atomic E-state index is 12.7. The highest BCUT2D eigenvalue weighted by Crippen LogP contribution is 2.35. The van der Waals surface area contributed by atoms with Crippen LogP contribution in [0.25, 0.3) is 0 Å². The van der Waals surface area contributed by atoms with Crippen LogP contribution in [0.5, 0.6) is 5.75 Å². The van der Waals surface area contributed by atoms with E-state index in [1.807, 2.05) is 38.4 Å². The molecule has 3 nitrogen and oxygen atoms in total. The average molecular weight is 261 g/mol. The first-order chi connectivity index (χ1) is 9.08. The van der Waals surface area contributed by atoms with Gasteiger partial charge in [-0.1, -0.05) is 25.0 Å². The lowest BCUT2D eigenvalue weighted by molar-refractivity contribution is -0.128. The van der Waals surface area contributed by atoms with Crippen molar-refractivity contribution >= 4 is 5.78 Å². The Labute approximate surface area is 115 Å². The predicted octanol–water partition coefficient (Wildman–Crippen LogP) is 2.68. The number of carbonyl (C=O) groups is 1. The molecule has 3 heteroatoms. The topological polar surface area (TPSA) is 29.5 Å². The van der Waals surface area contributed by atoms with Gasteiger partial charge in [-0.3, -0.25) is 9.69 Å². The molecule has 104 valence electrons. The number of carbonyl (C=O) groups excluding carboxylic acids is 1. The van der Waals surface area contributed by atoms with E-state index in [0.717, 1.165) is 37.0 Å². The second-order valence-corrected chi connectivity index (χ2v) is 5.58. The first kappa shape index (κ1) is 14.1. The Balaban J connectivity index is 2.15. The van der Waals surface area contributed by atoms with Crippen LogP contribution in [0.3, 0.4) is 0 Å². The normalized spacial score (nSPS) is 17.7. The second-order valence-electron chi connectivity index (χ2n) is 5.58. The van der Waals surface area contributed by atoms with Crippen LogP contribution in [-0.4, -0.2) is 37.4 Å². The maximum atomic E-state index is 12.7. The molecule has 0 radical (unpaired) electrons. The summed E-state index contributed by atoms with van der Waals surface area (Å²) in [6.45, 7) is 0. The molecule has 1 saturated carbocycles. The summed E-state index contributed by atoms with van der Waals surface area (Å²) in [4.78, 5) is 14.8. The molecule has 1 fully saturated rings. The molecule has 0 unspecified atom stereocenters. The third-order valence-corrected chi connectivity index (χ3v) is 4.30. The standard InChI is InChI=1S/C16H23NO2/c1-17(2)16(9-4-5-10-16)15(18)12-13-7-6-8-14(11-13)19-3/h6-8,11H,4-5,9-10,12H2,1-3H3. The van der Waals surface area contributed by atoms with Crippen molar-refractivity contribution in [3.05, 3.63) is 29.8 Å². The van der Waals surface area contributed by atoms with Crippen molar-refractivity contribution in [3.63, 3.8) is 0 Å². The zero-order valence-electron chi connectivity index (χ0n) is 12.1. The zero-order valence-corrected chi connectivity index (χ0v) is 12.1. The first-order valence-corrected chi connectivity index (χ1v) is 6.92. The summed E-state index contributed by atoms with van der Waals surface area (Å²) >= 11 is 0. The van der Waals surface area contributed by atoms with Gasteiger partial charge in [0.1, 0.15) is 5.75 Å². The Bertz CT molecular complexity index is 448. The second kappa shape index (κ2) is 5.74. The van der Waals surface area contributed by atoms with Gasteiger partial charge in [-0.05, 0) is 44.6 Å². The van der Waals surface area contributed by atoms with Crippen molar-refractivity contribution < 1.29 is 9.53 Å². The van der Waals surface area contributed by atoms with Gasteiger partial charge < -0.3 is 4.74 Å². The van der Waals surface area contributed by atoms with Crippen LogP contribution < -0.4 is 4.74 Å². The molecule has 1 aromatic rings. The molecular weight excluding hydrogens is 238 g/mol. The van der Waals surface area contributed by atoms with Crippen molar-refractivity contribution in [1.82, 2.24) is 4.90 Å². The average Bonchev–Trinajstić information content (AvgIpc) is 2.89. The number of ether oxygens (including phenoxy) is 1. The number of ketones is 1. The van der Waals surface area contributed by atoms with Crippen molar-refractivity contribution in [1.29, 1.82) is 0 Å². The fourth-order valence-corrected chi connectivity index (χ4v) is 3.07. The van der Waals surface area contributed by atoms with Gasteiger partial charge in [-0.2, -0.15) is 0 Å². The number of hydrogen-bond donors (Lipinski definition) is 0. The van der Waals surface area contributed by atoms with Crippen molar-refractivity contribution in [2.24, 2.45) is 0 Å². The molecule has 2 rings (SSSR count). The van der Waals surface area contributed by atoms with Crippen LogP contribution >= 0.6 is 0 Å². The molecule has 0 saturated heterocycles. The smallest absolute Gasteiger partial charge is 0.157 e. The summed E-state index contributed by atoms with van der Waals surface area (Å²) in [5.74, 6) is 1.15. The summed E-state index contributed by atoms with van der Waals surface area (Å²) in [5.41, 5.74) is 0.792. The lowest BCUT2D eigenvalue weighted by Gasteiger charge is -2.34. The molecule has 1 aromatic carbocycles. The van der Waals surface area contributed by atoms with E-state index in [1.165, 1.54) is 0 Å². The number of methoxy groups -OCH3 is 1. The van der Waals surface area contributed by atoms with Crippen LogP contribution in [0.15, 0.2) is 24.3 Å². The Morgan fingerprint density at radius 2 is 2.00 bits per heavy atom. The number of nitrogens with zero attached hydrogens (tertiary/aromatic N) is 1. The quantitative estimate of drug-likeness (QED) is 0.816. The van der Waals surface area contributed by atoms with Gasteiger partial charge in [0.05, 0.1) is 12.6 Å². The van der Waals surface area contributed by atoms with E-state index in [2.05, 4.69) is 4.90 Å². The molecule has 19 heavy (non-hydrogen) atoms. The van der Waals surface area contributed by atoms with E-state index in [4.69, 9.17) is 4.74 Å². The van der Waals surface area contributed by atoms with E-state index in [0.29, 0.717) is 12.2 Å². The van der Waals surface area contributed by atoms with Crippen molar-refractivity contribution in [3.8, 4) is 5.75 Å². The summed E-state index contributed by atoms with van der Waals surface area (Å²) in [6, 6.07) is 7.80. The van der Waals surface area contributed by atoms with Crippen LogP contribution in [0, 0.1) is 0 Å². The Morgan fingerprint density at radius 1 is 1.32 bits per heavy atom. The highest BCUT2D eigenvalue weighted by Gasteiger charge is 2.42. The third kappa shape index (κ3) is 2.81. The van der Waals surface area contributed by atoms with E-state index < -0.39 is 0 Å². The summed E-state index contributed by atoms with van der Waals surface area (Å²) in [7, 11) is 5.70. The Kier molecular flexibility index (Phi) is 4.25. The van der Waals surface area contributed by atoms with Gasteiger partial charge in [0.2, 0.25) is 0 Å². The maximum Gasteiger partial charge on any atom is 0.157 e. The van der Waals surface area contributed by atoms with Crippen molar-refractivity contribution in [2.45, 2.75) is 37.6 Å². The molecular formula is C16H23NO2. The number of likely N-dealkylation sites (N-methyl/N-ethyl adjacent to an activating group) is 1.